The molecule has 2 aliphatic rings. The number of hydrogen-bond donors (Lipinski definition) is 1. The van der Waals surface area contributed by atoms with Gasteiger partial charge in [0.1, 0.15) is 36.6 Å². The zero-order valence-corrected chi connectivity index (χ0v) is 22.8. The lowest BCUT2D eigenvalue weighted by Gasteiger charge is -2.28. The number of H-pyrrole nitrogens is 1. The molecule has 1 amide bonds. The van der Waals surface area contributed by atoms with Crippen molar-refractivity contribution in [2.75, 3.05) is 6.54 Å². The number of nitrogens with zero attached hydrogens (tertiary/aromatic N) is 2. The summed E-state index contributed by atoms with van der Waals surface area (Å²) in [6.07, 6.45) is 6.88. The normalized spacial score (nSPS) is 19.3. The van der Waals surface area contributed by atoms with E-state index >= 15 is 0 Å². The number of aromatic amines is 1. The highest BCUT2D eigenvalue weighted by atomic mass is 16.5. The number of aryl methyl sites for hydroxylation is 1. The lowest BCUT2D eigenvalue weighted by Crippen LogP contribution is -2.36. The summed E-state index contributed by atoms with van der Waals surface area (Å²) in [5.74, 6) is -0.511. The van der Waals surface area contributed by atoms with E-state index in [9.17, 15) is 14.7 Å². The molecule has 3 aromatic carbocycles. The number of fused-ring (bicyclic) bond motifs is 1. The van der Waals surface area contributed by atoms with Gasteiger partial charge in [-0.3, -0.25) is 14.6 Å². The van der Waals surface area contributed by atoms with Crippen LogP contribution in [-0.4, -0.2) is 34.2 Å². The fourth-order valence-electron chi connectivity index (χ4n) is 5.56. The summed E-state index contributed by atoms with van der Waals surface area (Å²) in [5, 5.41) is 14.0. The van der Waals surface area contributed by atoms with Crippen LogP contribution in [-0.2, 0) is 29.2 Å². The summed E-state index contributed by atoms with van der Waals surface area (Å²) in [6, 6.07) is 21.5. The number of aromatic nitrogens is 2. The van der Waals surface area contributed by atoms with Crippen molar-refractivity contribution >= 4 is 17.4 Å². The van der Waals surface area contributed by atoms with Crippen LogP contribution in [0.5, 0.6) is 11.5 Å². The van der Waals surface area contributed by atoms with Gasteiger partial charge in [0, 0.05) is 25.0 Å². The van der Waals surface area contributed by atoms with Crippen LogP contribution in [0.15, 0.2) is 97.1 Å². The van der Waals surface area contributed by atoms with Crippen molar-refractivity contribution in [3.8, 4) is 11.5 Å². The van der Waals surface area contributed by atoms with Crippen LogP contribution < -0.4 is 19.1 Å². The van der Waals surface area contributed by atoms with Crippen molar-refractivity contribution in [3.05, 3.63) is 119 Å². The Bertz CT molecular complexity index is 1600. The van der Waals surface area contributed by atoms with Crippen LogP contribution in [0.2, 0.25) is 0 Å². The summed E-state index contributed by atoms with van der Waals surface area (Å²) in [7, 11) is 0. The number of hydrogen-bond acceptors (Lipinski definition) is 5. The molecule has 2 aliphatic heterocycles. The second kappa shape index (κ2) is 11.3. The Balaban J connectivity index is 1.35. The predicted molar refractivity (Wildman–Crippen MR) is 149 cm³/mol. The maximum absolute atomic E-state index is 14.0. The van der Waals surface area contributed by atoms with Crippen LogP contribution >= 0.6 is 0 Å². The van der Waals surface area contributed by atoms with Crippen molar-refractivity contribution in [1.82, 2.24) is 9.88 Å². The first-order valence-electron chi connectivity index (χ1n) is 13.8. The molecule has 2 atom stereocenters. The van der Waals surface area contributed by atoms with Crippen LogP contribution in [0.4, 0.5) is 0 Å². The second-order valence-electron chi connectivity index (χ2n) is 10.5. The van der Waals surface area contributed by atoms with Gasteiger partial charge in [-0.2, -0.15) is 0 Å². The minimum Gasteiger partial charge on any atom is -0.872 e. The lowest BCUT2D eigenvalue weighted by atomic mass is 9.94. The van der Waals surface area contributed by atoms with Gasteiger partial charge in [-0.15, -0.1) is 0 Å². The number of likely N-dealkylation sites (tertiary alicyclic amines) is 1. The van der Waals surface area contributed by atoms with E-state index in [0.29, 0.717) is 49.4 Å². The maximum Gasteiger partial charge on any atom is 0.295 e. The number of carbonyl (C=O) groups is 2. The van der Waals surface area contributed by atoms with Crippen LogP contribution in [0.25, 0.3) is 5.76 Å². The topological polar surface area (TPSA) is 98.6 Å². The van der Waals surface area contributed by atoms with Gasteiger partial charge in [0.25, 0.3) is 5.91 Å². The standard InChI is InChI=1S/C33H31N3O5/c1-22-17-26-18-25(11-12-28(26)41-22)31(37)29-30(36(33(39)32(29)38)15-6-14-35-16-13-34-21-35)24-9-5-10-27(19-24)40-20-23-7-3-2-4-8-23/h2-5,7-13,16,18-19,21-22,30H,6,14-15,17,20H2,1H3,(H,37,38). The van der Waals surface area contributed by atoms with Gasteiger partial charge in [-0.25, -0.2) is 4.57 Å². The number of carbonyl (C=O) groups excluding carboxylic acids is 2. The van der Waals surface area contributed by atoms with Crippen LogP contribution in [0.3, 0.4) is 0 Å². The molecule has 208 valence electrons. The fourth-order valence-corrected chi connectivity index (χ4v) is 5.56. The lowest BCUT2D eigenvalue weighted by molar-refractivity contribution is -0.695. The SMILES string of the molecule is CC1Cc2cc(/C([O-])=C3\C(=O)C(=O)N(CCC[n+]4cc[nH]c4)C3c3cccc(OCc4ccccc4)c3)ccc2O1. The van der Waals surface area contributed by atoms with Crippen molar-refractivity contribution in [2.45, 2.75) is 45.1 Å². The minimum atomic E-state index is -0.817. The third-order valence-corrected chi connectivity index (χ3v) is 7.53. The van der Waals surface area contributed by atoms with E-state index in [-0.39, 0.29) is 11.7 Å². The van der Waals surface area contributed by atoms with Gasteiger partial charge in [-0.05, 0) is 53.4 Å². The molecule has 0 radical (unpaired) electrons. The second-order valence-corrected chi connectivity index (χ2v) is 10.5. The zero-order valence-electron chi connectivity index (χ0n) is 22.8. The van der Waals surface area contributed by atoms with Gasteiger partial charge < -0.3 is 19.5 Å². The first-order chi connectivity index (χ1) is 20.0. The molecule has 6 rings (SSSR count). The Labute approximate surface area is 238 Å². The first kappa shape index (κ1) is 26.4. The molecule has 8 heteroatoms. The van der Waals surface area contributed by atoms with Gasteiger partial charge in [0.05, 0.1) is 12.6 Å². The number of ether oxygens (including phenoxy) is 2. The molecule has 1 N–H and O–H groups in total. The van der Waals surface area contributed by atoms with Gasteiger partial charge >= 0.3 is 0 Å². The average molecular weight is 550 g/mol. The van der Waals surface area contributed by atoms with Crippen molar-refractivity contribution in [3.63, 3.8) is 0 Å². The highest BCUT2D eigenvalue weighted by molar-refractivity contribution is 6.46. The zero-order chi connectivity index (χ0) is 28.3. The monoisotopic (exact) mass is 549 g/mol. The summed E-state index contributed by atoms with van der Waals surface area (Å²) in [6.45, 7) is 3.31. The molecule has 0 saturated carbocycles. The smallest absolute Gasteiger partial charge is 0.295 e. The molecule has 0 bridgehead atoms. The van der Waals surface area contributed by atoms with E-state index in [1.165, 1.54) is 4.90 Å². The maximum atomic E-state index is 14.0. The number of benzene rings is 3. The first-order valence-corrected chi connectivity index (χ1v) is 13.8. The largest absolute Gasteiger partial charge is 0.872 e. The number of amides is 1. The molecule has 3 heterocycles. The average Bonchev–Trinajstić information content (AvgIpc) is 3.70. The van der Waals surface area contributed by atoms with E-state index < -0.39 is 23.5 Å². The highest BCUT2D eigenvalue weighted by Crippen LogP contribution is 2.40. The number of rotatable bonds is 9. The summed E-state index contributed by atoms with van der Waals surface area (Å²) < 4.78 is 13.8. The van der Waals surface area contributed by atoms with Crippen LogP contribution in [0, 0.1) is 0 Å². The number of ketones is 1. The number of imidazole rings is 1. The van der Waals surface area contributed by atoms with Gasteiger partial charge in [-0.1, -0.05) is 54.3 Å². The van der Waals surface area contributed by atoms with E-state index in [1.807, 2.05) is 84.8 Å². The Hall–Kier alpha value is -4.85. The van der Waals surface area contributed by atoms with Gasteiger partial charge in [0.2, 0.25) is 12.1 Å². The van der Waals surface area contributed by atoms with Crippen LogP contribution in [0.1, 0.15) is 41.6 Å². The van der Waals surface area contributed by atoms with Crippen molar-refractivity contribution < 1.29 is 28.7 Å². The minimum absolute atomic E-state index is 0.0254. The molecule has 1 fully saturated rings. The van der Waals surface area contributed by atoms with E-state index in [1.54, 1.807) is 18.2 Å². The quantitative estimate of drug-likeness (QED) is 0.149. The summed E-state index contributed by atoms with van der Waals surface area (Å²) >= 11 is 0. The molecule has 1 aromatic heterocycles. The van der Waals surface area contributed by atoms with E-state index in [2.05, 4.69) is 4.98 Å². The molecule has 0 spiro atoms. The number of nitrogens with one attached hydrogen (secondary N) is 1. The van der Waals surface area contributed by atoms with Crippen molar-refractivity contribution in [1.29, 1.82) is 0 Å². The van der Waals surface area contributed by atoms with Gasteiger partial charge in [0.15, 0.2) is 0 Å². The Morgan fingerprint density at radius 3 is 2.76 bits per heavy atom. The van der Waals surface area contributed by atoms with Crippen molar-refractivity contribution in [2.24, 2.45) is 0 Å². The molecule has 2 unspecified atom stereocenters. The Kier molecular flexibility index (Phi) is 7.29. The fraction of sp³-hybridized carbons (Fsp3) is 0.242. The molecular weight excluding hydrogens is 518 g/mol. The molecule has 4 aromatic rings. The Morgan fingerprint density at radius 2 is 1.95 bits per heavy atom. The molecular formula is C33H31N3O5. The molecule has 8 nitrogen and oxygen atoms in total. The van der Waals surface area contributed by atoms with E-state index in [0.717, 1.165) is 16.9 Å². The highest BCUT2D eigenvalue weighted by Gasteiger charge is 2.44. The molecule has 1 saturated heterocycles. The Morgan fingerprint density at radius 1 is 1.10 bits per heavy atom. The molecule has 41 heavy (non-hydrogen) atoms. The summed E-state index contributed by atoms with van der Waals surface area (Å²) in [4.78, 5) is 31.4. The predicted octanol–water partition coefficient (Wildman–Crippen LogP) is 3.52. The third-order valence-electron chi connectivity index (χ3n) is 7.53. The number of Topliss-reactive ketones (excluding diaryl/α,β-unsaturated/α-hetero) is 1. The van der Waals surface area contributed by atoms with E-state index in [4.69, 9.17) is 9.47 Å². The molecule has 0 aliphatic carbocycles. The summed E-state index contributed by atoms with van der Waals surface area (Å²) in [5.41, 5.74) is 2.95. The third kappa shape index (κ3) is 5.45.